The number of furan rings is 1. The summed E-state index contributed by atoms with van der Waals surface area (Å²) < 4.78 is 12.7. The SMILES string of the molecule is Cc1cnc(-c2nn(C(C)C)c3c2CN(C(=O)c2ccoc2)CC3)o1. The van der Waals surface area contributed by atoms with Crippen molar-refractivity contribution in [1.29, 1.82) is 0 Å². The maximum atomic E-state index is 12.7. The summed E-state index contributed by atoms with van der Waals surface area (Å²) >= 11 is 0. The lowest BCUT2D eigenvalue weighted by molar-refractivity contribution is 0.0732. The van der Waals surface area contributed by atoms with Crippen molar-refractivity contribution < 1.29 is 13.6 Å². The second kappa shape index (κ2) is 5.91. The first-order valence-electron chi connectivity index (χ1n) is 8.39. The van der Waals surface area contributed by atoms with E-state index in [-0.39, 0.29) is 11.9 Å². The first-order valence-corrected chi connectivity index (χ1v) is 8.39. The maximum Gasteiger partial charge on any atom is 0.257 e. The fraction of sp³-hybridized carbons (Fsp3) is 0.389. The predicted molar refractivity (Wildman–Crippen MR) is 90.0 cm³/mol. The lowest BCUT2D eigenvalue weighted by atomic mass is 10.0. The van der Waals surface area contributed by atoms with E-state index in [1.807, 2.05) is 16.5 Å². The van der Waals surface area contributed by atoms with Crippen LogP contribution in [0.4, 0.5) is 0 Å². The van der Waals surface area contributed by atoms with Gasteiger partial charge in [0, 0.05) is 30.3 Å². The molecule has 0 aliphatic carbocycles. The number of aromatic nitrogens is 3. The molecular formula is C18H20N4O3. The average molecular weight is 340 g/mol. The van der Waals surface area contributed by atoms with Crippen molar-refractivity contribution in [2.45, 2.75) is 39.8 Å². The van der Waals surface area contributed by atoms with E-state index in [2.05, 4.69) is 18.8 Å². The minimum atomic E-state index is -0.0359. The minimum Gasteiger partial charge on any atom is -0.472 e. The summed E-state index contributed by atoms with van der Waals surface area (Å²) in [4.78, 5) is 18.8. The molecule has 1 aliphatic rings. The van der Waals surface area contributed by atoms with E-state index in [1.54, 1.807) is 12.3 Å². The van der Waals surface area contributed by atoms with Crippen LogP contribution in [0.1, 0.15) is 47.3 Å². The summed E-state index contributed by atoms with van der Waals surface area (Å²) in [5, 5.41) is 4.74. The van der Waals surface area contributed by atoms with Crippen LogP contribution in [0.15, 0.2) is 33.6 Å². The number of amides is 1. The van der Waals surface area contributed by atoms with Crippen molar-refractivity contribution in [1.82, 2.24) is 19.7 Å². The Kier molecular flexibility index (Phi) is 3.71. The van der Waals surface area contributed by atoms with Crippen molar-refractivity contribution in [3.8, 4) is 11.6 Å². The summed E-state index contributed by atoms with van der Waals surface area (Å²) in [6, 6.07) is 1.92. The van der Waals surface area contributed by atoms with Crippen LogP contribution in [0.5, 0.6) is 0 Å². The van der Waals surface area contributed by atoms with Gasteiger partial charge in [-0.25, -0.2) is 4.98 Å². The second-order valence-corrected chi connectivity index (χ2v) is 6.58. The molecule has 3 aromatic rings. The Labute approximate surface area is 145 Å². The predicted octanol–water partition coefficient (Wildman–Crippen LogP) is 3.22. The van der Waals surface area contributed by atoms with Crippen molar-refractivity contribution in [2.75, 3.05) is 6.54 Å². The third-order valence-electron chi connectivity index (χ3n) is 4.45. The van der Waals surface area contributed by atoms with Gasteiger partial charge in [0.15, 0.2) is 5.69 Å². The van der Waals surface area contributed by atoms with E-state index in [9.17, 15) is 4.79 Å². The average Bonchev–Trinajstić information content (AvgIpc) is 3.32. The molecule has 1 amide bonds. The van der Waals surface area contributed by atoms with Gasteiger partial charge in [-0.15, -0.1) is 0 Å². The second-order valence-electron chi connectivity index (χ2n) is 6.58. The number of nitrogens with zero attached hydrogens (tertiary/aromatic N) is 4. The van der Waals surface area contributed by atoms with Gasteiger partial charge < -0.3 is 13.7 Å². The molecule has 0 unspecified atom stereocenters. The Hall–Kier alpha value is -2.83. The fourth-order valence-electron chi connectivity index (χ4n) is 3.25. The van der Waals surface area contributed by atoms with E-state index in [1.165, 1.54) is 12.5 Å². The number of hydrogen-bond acceptors (Lipinski definition) is 5. The molecule has 25 heavy (non-hydrogen) atoms. The number of carbonyl (C=O) groups is 1. The highest BCUT2D eigenvalue weighted by Gasteiger charge is 2.30. The molecule has 0 saturated heterocycles. The van der Waals surface area contributed by atoms with Crippen molar-refractivity contribution >= 4 is 5.91 Å². The molecule has 0 spiro atoms. The van der Waals surface area contributed by atoms with Gasteiger partial charge in [0.1, 0.15) is 12.0 Å². The molecule has 0 saturated carbocycles. The van der Waals surface area contributed by atoms with Crippen molar-refractivity contribution in [2.24, 2.45) is 0 Å². The van der Waals surface area contributed by atoms with Crippen LogP contribution in [0, 0.1) is 6.92 Å². The zero-order chi connectivity index (χ0) is 17.6. The number of rotatable bonds is 3. The van der Waals surface area contributed by atoms with Gasteiger partial charge in [0.25, 0.3) is 5.91 Å². The lowest BCUT2D eigenvalue weighted by Crippen LogP contribution is -2.36. The molecule has 4 heterocycles. The molecule has 0 fully saturated rings. The molecule has 7 nitrogen and oxygen atoms in total. The smallest absolute Gasteiger partial charge is 0.257 e. The zero-order valence-corrected chi connectivity index (χ0v) is 14.5. The number of oxazole rings is 1. The van der Waals surface area contributed by atoms with Crippen LogP contribution >= 0.6 is 0 Å². The molecule has 0 bridgehead atoms. The molecule has 1 aliphatic heterocycles. The maximum absolute atomic E-state index is 12.7. The van der Waals surface area contributed by atoms with Crippen molar-refractivity contribution in [3.63, 3.8) is 0 Å². The molecule has 0 radical (unpaired) electrons. The summed E-state index contributed by atoms with van der Waals surface area (Å²) in [6.07, 6.45) is 5.44. The van der Waals surface area contributed by atoms with Crippen LogP contribution in [-0.4, -0.2) is 32.1 Å². The minimum absolute atomic E-state index is 0.0359. The van der Waals surface area contributed by atoms with Gasteiger partial charge in [-0.2, -0.15) is 5.10 Å². The molecule has 7 heteroatoms. The van der Waals surface area contributed by atoms with Gasteiger partial charge in [0.05, 0.1) is 24.6 Å². The van der Waals surface area contributed by atoms with E-state index >= 15 is 0 Å². The Balaban J connectivity index is 1.74. The van der Waals surface area contributed by atoms with Crippen LogP contribution in [-0.2, 0) is 13.0 Å². The largest absolute Gasteiger partial charge is 0.472 e. The van der Waals surface area contributed by atoms with Gasteiger partial charge in [-0.05, 0) is 26.8 Å². The summed E-state index contributed by atoms with van der Waals surface area (Å²) in [6.45, 7) is 7.20. The third-order valence-corrected chi connectivity index (χ3v) is 4.45. The zero-order valence-electron chi connectivity index (χ0n) is 14.5. The van der Waals surface area contributed by atoms with E-state index < -0.39 is 0 Å². The number of carbonyl (C=O) groups excluding carboxylic acids is 1. The standard InChI is InChI=1S/C18H20N4O3/c1-11(2)22-15-4-6-21(18(23)13-5-7-24-10-13)9-14(15)16(20-22)17-19-8-12(3)25-17/h5,7-8,10-11H,4,6,9H2,1-3H3. The summed E-state index contributed by atoms with van der Waals surface area (Å²) in [5.41, 5.74) is 3.45. The first kappa shape index (κ1) is 15.7. The molecule has 4 rings (SSSR count). The number of aryl methyl sites for hydroxylation is 1. The Bertz CT molecular complexity index is 905. The third kappa shape index (κ3) is 2.65. The van der Waals surface area contributed by atoms with E-state index in [4.69, 9.17) is 13.9 Å². The van der Waals surface area contributed by atoms with Crippen LogP contribution in [0.3, 0.4) is 0 Å². The highest BCUT2D eigenvalue weighted by atomic mass is 16.4. The van der Waals surface area contributed by atoms with E-state index in [0.717, 1.165) is 29.1 Å². The van der Waals surface area contributed by atoms with Gasteiger partial charge in [0.2, 0.25) is 5.89 Å². The normalized spacial score (nSPS) is 14.2. The molecule has 0 N–H and O–H groups in total. The number of fused-ring (bicyclic) bond motifs is 1. The quantitative estimate of drug-likeness (QED) is 0.731. The van der Waals surface area contributed by atoms with Gasteiger partial charge in [-0.3, -0.25) is 9.48 Å². The van der Waals surface area contributed by atoms with Crippen LogP contribution in [0.2, 0.25) is 0 Å². The molecule has 130 valence electrons. The highest BCUT2D eigenvalue weighted by molar-refractivity contribution is 5.94. The molecular weight excluding hydrogens is 320 g/mol. The number of hydrogen-bond donors (Lipinski definition) is 0. The molecule has 0 atom stereocenters. The van der Waals surface area contributed by atoms with Crippen LogP contribution < -0.4 is 0 Å². The first-order chi connectivity index (χ1) is 12.0. The monoisotopic (exact) mass is 340 g/mol. The Morgan fingerprint density at radius 3 is 2.84 bits per heavy atom. The van der Waals surface area contributed by atoms with Gasteiger partial charge >= 0.3 is 0 Å². The topological polar surface area (TPSA) is 77.3 Å². The summed E-state index contributed by atoms with van der Waals surface area (Å²) in [5.74, 6) is 1.21. The molecule has 0 aromatic carbocycles. The van der Waals surface area contributed by atoms with Crippen LogP contribution in [0.25, 0.3) is 11.6 Å². The van der Waals surface area contributed by atoms with E-state index in [0.29, 0.717) is 24.5 Å². The Morgan fingerprint density at radius 2 is 2.20 bits per heavy atom. The Morgan fingerprint density at radius 1 is 1.36 bits per heavy atom. The molecule has 3 aromatic heterocycles. The summed E-state index contributed by atoms with van der Waals surface area (Å²) in [7, 11) is 0. The van der Waals surface area contributed by atoms with Crippen molar-refractivity contribution in [3.05, 3.63) is 47.4 Å². The fourth-order valence-corrected chi connectivity index (χ4v) is 3.25. The lowest BCUT2D eigenvalue weighted by Gasteiger charge is -2.28. The van der Waals surface area contributed by atoms with Gasteiger partial charge in [-0.1, -0.05) is 0 Å². The highest BCUT2D eigenvalue weighted by Crippen LogP contribution is 2.32.